The number of nitrogens with one attached hydrogen (secondary N) is 1. The van der Waals surface area contributed by atoms with Gasteiger partial charge >= 0.3 is 0 Å². The predicted molar refractivity (Wildman–Crippen MR) is 85.9 cm³/mol. The third-order valence-corrected chi connectivity index (χ3v) is 4.82. The van der Waals surface area contributed by atoms with E-state index in [0.29, 0.717) is 31.7 Å². The van der Waals surface area contributed by atoms with Gasteiger partial charge in [0.1, 0.15) is 11.8 Å². The molecular weight excluding hydrogens is 308 g/mol. The van der Waals surface area contributed by atoms with Crippen molar-refractivity contribution < 1.29 is 14.0 Å². The fourth-order valence-electron chi connectivity index (χ4n) is 3.09. The largest absolute Gasteiger partial charge is 0.472 e. The number of hydrogen-bond donors (Lipinski definition) is 1. The molecule has 0 radical (unpaired) electrons. The first-order valence-electron chi connectivity index (χ1n) is 8.28. The van der Waals surface area contributed by atoms with Gasteiger partial charge in [0.15, 0.2) is 0 Å². The van der Waals surface area contributed by atoms with Crippen LogP contribution in [0.2, 0.25) is 0 Å². The van der Waals surface area contributed by atoms with Crippen LogP contribution in [0.15, 0.2) is 23.0 Å². The molecular formula is C17H22N4O3. The molecule has 2 heterocycles. The molecule has 128 valence electrons. The van der Waals surface area contributed by atoms with E-state index in [9.17, 15) is 14.9 Å². The van der Waals surface area contributed by atoms with Crippen LogP contribution in [0.25, 0.3) is 0 Å². The Balaban J connectivity index is 1.46. The second-order valence-corrected chi connectivity index (χ2v) is 6.72. The van der Waals surface area contributed by atoms with E-state index in [1.807, 2.05) is 4.90 Å². The second kappa shape index (κ2) is 6.65. The number of amides is 2. The van der Waals surface area contributed by atoms with Crippen LogP contribution in [0.3, 0.4) is 0 Å². The normalized spacial score (nSPS) is 20.9. The summed E-state index contributed by atoms with van der Waals surface area (Å²) in [5.74, 6) is 0.107. The van der Waals surface area contributed by atoms with Crippen molar-refractivity contribution in [2.75, 3.05) is 32.7 Å². The molecule has 0 spiro atoms. The molecule has 1 N–H and O–H groups in total. The highest BCUT2D eigenvalue weighted by Gasteiger charge is 2.43. The molecule has 7 nitrogen and oxygen atoms in total. The molecule has 1 atom stereocenters. The van der Waals surface area contributed by atoms with Crippen molar-refractivity contribution in [1.29, 1.82) is 5.26 Å². The van der Waals surface area contributed by atoms with Crippen LogP contribution in [0, 0.1) is 17.2 Å². The van der Waals surface area contributed by atoms with Gasteiger partial charge in [-0.1, -0.05) is 0 Å². The van der Waals surface area contributed by atoms with E-state index in [-0.39, 0.29) is 24.3 Å². The van der Waals surface area contributed by atoms with Crippen LogP contribution < -0.4 is 5.32 Å². The Morgan fingerprint density at radius 2 is 2.08 bits per heavy atom. The van der Waals surface area contributed by atoms with Crippen LogP contribution in [-0.2, 0) is 4.79 Å². The fourth-order valence-corrected chi connectivity index (χ4v) is 3.09. The second-order valence-electron chi connectivity index (χ2n) is 6.72. The highest BCUT2D eigenvalue weighted by Crippen LogP contribution is 2.39. The minimum atomic E-state index is -0.754. The minimum absolute atomic E-state index is 0.0429. The highest BCUT2D eigenvalue weighted by molar-refractivity contribution is 5.93. The molecule has 0 aromatic carbocycles. The van der Waals surface area contributed by atoms with Crippen LogP contribution in [-0.4, -0.2) is 59.9 Å². The quantitative estimate of drug-likeness (QED) is 0.864. The van der Waals surface area contributed by atoms with Crippen molar-refractivity contribution in [2.45, 2.75) is 25.3 Å². The average Bonchev–Trinajstić information content (AvgIpc) is 3.31. The summed E-state index contributed by atoms with van der Waals surface area (Å²) >= 11 is 0. The van der Waals surface area contributed by atoms with Gasteiger partial charge in [-0.2, -0.15) is 5.26 Å². The minimum Gasteiger partial charge on any atom is -0.472 e. The first-order chi connectivity index (χ1) is 11.5. The van der Waals surface area contributed by atoms with Gasteiger partial charge in [0.2, 0.25) is 5.91 Å². The zero-order valence-corrected chi connectivity index (χ0v) is 13.8. The van der Waals surface area contributed by atoms with Crippen LogP contribution >= 0.6 is 0 Å². The lowest BCUT2D eigenvalue weighted by Crippen LogP contribution is -2.54. The molecule has 3 rings (SSSR count). The summed E-state index contributed by atoms with van der Waals surface area (Å²) < 4.78 is 4.94. The molecule has 0 bridgehead atoms. The molecule has 1 saturated carbocycles. The molecule has 24 heavy (non-hydrogen) atoms. The maximum atomic E-state index is 12.2. The zero-order chi connectivity index (χ0) is 17.2. The maximum Gasteiger partial charge on any atom is 0.257 e. The van der Waals surface area contributed by atoms with Gasteiger partial charge in [0, 0.05) is 26.2 Å². The first kappa shape index (κ1) is 16.5. The van der Waals surface area contributed by atoms with Gasteiger partial charge in [-0.3, -0.25) is 14.5 Å². The molecule has 1 aromatic heterocycles. The lowest BCUT2D eigenvalue weighted by atomic mass is 9.98. The average molecular weight is 330 g/mol. The molecule has 1 aliphatic heterocycles. The number of piperazine rings is 1. The van der Waals surface area contributed by atoms with Gasteiger partial charge < -0.3 is 14.6 Å². The van der Waals surface area contributed by atoms with Crippen LogP contribution in [0.1, 0.15) is 30.1 Å². The van der Waals surface area contributed by atoms with Gasteiger partial charge in [-0.25, -0.2) is 0 Å². The Hall–Kier alpha value is -2.33. The van der Waals surface area contributed by atoms with Crippen molar-refractivity contribution in [2.24, 2.45) is 5.92 Å². The number of carbonyl (C=O) groups excluding carboxylic acids is 2. The molecule has 1 unspecified atom stereocenters. The predicted octanol–water partition coefficient (Wildman–Crippen LogP) is 0.846. The topological polar surface area (TPSA) is 89.6 Å². The molecule has 2 aliphatic rings. The third kappa shape index (κ3) is 3.60. The summed E-state index contributed by atoms with van der Waals surface area (Å²) in [5.41, 5.74) is -0.203. The molecule has 2 amide bonds. The van der Waals surface area contributed by atoms with Gasteiger partial charge in [0.25, 0.3) is 5.91 Å². The number of hydrogen-bond acceptors (Lipinski definition) is 5. The number of nitriles is 1. The summed E-state index contributed by atoms with van der Waals surface area (Å²) in [5, 5.41) is 12.2. The number of furan rings is 1. The highest BCUT2D eigenvalue weighted by atomic mass is 16.3. The van der Waals surface area contributed by atoms with Crippen molar-refractivity contribution >= 4 is 11.8 Å². The zero-order valence-electron chi connectivity index (χ0n) is 13.8. The molecule has 1 saturated heterocycles. The van der Waals surface area contributed by atoms with Crippen LogP contribution in [0.4, 0.5) is 0 Å². The van der Waals surface area contributed by atoms with E-state index >= 15 is 0 Å². The SMILES string of the molecule is CC(C#N)(NC(=O)CN1CCN(C(=O)c2ccoc2)CC1)C1CC1. The maximum absolute atomic E-state index is 12.2. The standard InChI is InChI=1S/C17H22N4O3/c1-17(12-18,14-2-3-14)19-15(22)10-20-5-7-21(8-6-20)16(23)13-4-9-24-11-13/h4,9,11,14H,2-3,5-8,10H2,1H3,(H,19,22). The molecule has 1 aromatic rings. The van der Waals surface area contributed by atoms with Crippen molar-refractivity contribution in [3.05, 3.63) is 24.2 Å². The van der Waals surface area contributed by atoms with E-state index in [1.54, 1.807) is 17.9 Å². The van der Waals surface area contributed by atoms with E-state index in [1.165, 1.54) is 12.5 Å². The van der Waals surface area contributed by atoms with Gasteiger partial charge in [-0.05, 0) is 31.7 Å². The summed E-state index contributed by atoms with van der Waals surface area (Å²) in [7, 11) is 0. The number of carbonyl (C=O) groups is 2. The Morgan fingerprint density at radius 1 is 1.38 bits per heavy atom. The summed E-state index contributed by atoms with van der Waals surface area (Å²) in [6, 6.07) is 3.89. The smallest absolute Gasteiger partial charge is 0.257 e. The van der Waals surface area contributed by atoms with Crippen molar-refractivity contribution in [1.82, 2.24) is 15.1 Å². The Kier molecular flexibility index (Phi) is 4.58. The van der Waals surface area contributed by atoms with Gasteiger partial charge in [0.05, 0.1) is 24.4 Å². The summed E-state index contributed by atoms with van der Waals surface area (Å²) in [6.45, 7) is 4.50. The third-order valence-electron chi connectivity index (χ3n) is 4.82. The fraction of sp³-hybridized carbons (Fsp3) is 0.588. The molecule has 1 aliphatic carbocycles. The van der Waals surface area contributed by atoms with E-state index in [4.69, 9.17) is 4.42 Å². The Morgan fingerprint density at radius 3 is 2.62 bits per heavy atom. The van der Waals surface area contributed by atoms with E-state index in [0.717, 1.165) is 12.8 Å². The van der Waals surface area contributed by atoms with Gasteiger partial charge in [-0.15, -0.1) is 0 Å². The monoisotopic (exact) mass is 330 g/mol. The summed E-state index contributed by atoms with van der Waals surface area (Å²) in [6.07, 6.45) is 4.93. The van der Waals surface area contributed by atoms with E-state index in [2.05, 4.69) is 11.4 Å². The number of rotatable bonds is 5. The molecule has 2 fully saturated rings. The lowest BCUT2D eigenvalue weighted by molar-refractivity contribution is -0.124. The summed E-state index contributed by atoms with van der Waals surface area (Å²) in [4.78, 5) is 28.2. The van der Waals surface area contributed by atoms with E-state index < -0.39 is 5.54 Å². The van der Waals surface area contributed by atoms with Crippen molar-refractivity contribution in [3.63, 3.8) is 0 Å². The molecule has 7 heteroatoms. The lowest BCUT2D eigenvalue weighted by Gasteiger charge is -2.34. The first-order valence-corrected chi connectivity index (χ1v) is 8.28. The van der Waals surface area contributed by atoms with Crippen LogP contribution in [0.5, 0.6) is 0 Å². The van der Waals surface area contributed by atoms with Crippen molar-refractivity contribution in [3.8, 4) is 6.07 Å². The number of nitrogens with zero attached hydrogens (tertiary/aromatic N) is 3. The Bertz CT molecular complexity index is 639. The Labute approximate surface area is 141 Å².